The third-order valence-electron chi connectivity index (χ3n) is 4.90. The summed E-state index contributed by atoms with van der Waals surface area (Å²) in [5, 5.41) is 2.36. The van der Waals surface area contributed by atoms with Gasteiger partial charge in [0.2, 0.25) is 15.9 Å². The Morgan fingerprint density at radius 2 is 1.50 bits per heavy atom. The van der Waals surface area contributed by atoms with Crippen LogP contribution in [0.15, 0.2) is 41.3 Å². The maximum atomic E-state index is 13.9. The zero-order valence-electron chi connectivity index (χ0n) is 16.7. The van der Waals surface area contributed by atoms with Gasteiger partial charge in [0.25, 0.3) is 5.91 Å². The van der Waals surface area contributed by atoms with Gasteiger partial charge in [0.05, 0.1) is 5.56 Å². The lowest BCUT2D eigenvalue weighted by atomic mass is 10.2. The topological polar surface area (TPSA) is 86.8 Å². The van der Waals surface area contributed by atoms with E-state index in [4.69, 9.17) is 0 Å². The maximum Gasteiger partial charge on any atom is 0.254 e. The third kappa shape index (κ3) is 5.25. The van der Waals surface area contributed by atoms with Crippen LogP contribution in [-0.2, 0) is 14.8 Å². The number of carbonyl (C=O) groups excluding carboxylic acids is 2. The van der Waals surface area contributed by atoms with Gasteiger partial charge < -0.3 is 10.2 Å². The lowest BCUT2D eigenvalue weighted by Crippen LogP contribution is -2.51. The zero-order chi connectivity index (χ0) is 23.5. The van der Waals surface area contributed by atoms with Crippen LogP contribution in [0, 0.1) is 23.3 Å². The van der Waals surface area contributed by atoms with Crippen LogP contribution in [0.5, 0.6) is 0 Å². The van der Waals surface area contributed by atoms with E-state index in [1.807, 2.05) is 0 Å². The Morgan fingerprint density at radius 1 is 0.875 bits per heavy atom. The number of nitrogens with zero attached hydrogens (tertiary/aromatic N) is 2. The number of carbonyl (C=O) groups is 2. The van der Waals surface area contributed by atoms with Crippen molar-refractivity contribution in [1.29, 1.82) is 0 Å². The molecule has 2 amide bonds. The van der Waals surface area contributed by atoms with Crippen molar-refractivity contribution in [2.45, 2.75) is 11.3 Å². The summed E-state index contributed by atoms with van der Waals surface area (Å²) in [4.78, 5) is 24.9. The van der Waals surface area contributed by atoms with Crippen molar-refractivity contribution >= 4 is 21.8 Å². The van der Waals surface area contributed by atoms with Gasteiger partial charge in [0.15, 0.2) is 0 Å². The lowest BCUT2D eigenvalue weighted by molar-refractivity contribution is -0.132. The van der Waals surface area contributed by atoms with Gasteiger partial charge in [-0.1, -0.05) is 0 Å². The molecule has 172 valence electrons. The van der Waals surface area contributed by atoms with Crippen LogP contribution in [0.2, 0.25) is 0 Å². The highest BCUT2D eigenvalue weighted by Gasteiger charge is 2.32. The van der Waals surface area contributed by atoms with Crippen molar-refractivity contribution in [3.05, 3.63) is 65.2 Å². The monoisotopic (exact) mass is 473 g/mol. The van der Waals surface area contributed by atoms with E-state index in [0.717, 1.165) is 28.6 Å². The molecule has 0 saturated carbocycles. The standard InChI is InChI=1S/C20H19F4N3O4S/c21-13-1-3-15(17(24)11-13)20(29)25-6-5-19(28)26-7-9-27(10-8-26)32(30,31)18-12-14(22)2-4-16(18)23/h1-4,11-12H,5-10H2,(H,25,29). The molecule has 0 unspecified atom stereocenters. The molecule has 1 aliphatic heterocycles. The van der Waals surface area contributed by atoms with E-state index in [0.29, 0.717) is 12.1 Å². The fraction of sp³-hybridized carbons (Fsp3) is 0.300. The minimum atomic E-state index is -4.27. The fourth-order valence-corrected chi connectivity index (χ4v) is 4.70. The highest BCUT2D eigenvalue weighted by Crippen LogP contribution is 2.22. The van der Waals surface area contributed by atoms with E-state index in [9.17, 15) is 35.6 Å². The molecule has 1 N–H and O–H groups in total. The quantitative estimate of drug-likeness (QED) is 0.650. The van der Waals surface area contributed by atoms with Crippen LogP contribution in [0.3, 0.4) is 0 Å². The van der Waals surface area contributed by atoms with Crippen molar-refractivity contribution in [2.75, 3.05) is 32.7 Å². The van der Waals surface area contributed by atoms with Gasteiger partial charge in [-0.05, 0) is 30.3 Å². The summed E-state index contributed by atoms with van der Waals surface area (Å²) in [5.41, 5.74) is -0.359. The van der Waals surface area contributed by atoms with Gasteiger partial charge in [-0.25, -0.2) is 26.0 Å². The summed E-state index contributed by atoms with van der Waals surface area (Å²) in [7, 11) is -4.27. The summed E-state index contributed by atoms with van der Waals surface area (Å²) < 4.78 is 79.9. The summed E-state index contributed by atoms with van der Waals surface area (Å²) in [6.07, 6.45) is -0.125. The smallest absolute Gasteiger partial charge is 0.254 e. The molecule has 1 fully saturated rings. The number of hydrogen-bond donors (Lipinski definition) is 1. The van der Waals surface area contributed by atoms with Crippen LogP contribution < -0.4 is 5.32 Å². The molecule has 2 aromatic carbocycles. The molecule has 0 spiro atoms. The molecule has 1 aliphatic rings. The van der Waals surface area contributed by atoms with E-state index < -0.39 is 44.1 Å². The number of sulfonamides is 1. The van der Waals surface area contributed by atoms with Gasteiger partial charge in [-0.15, -0.1) is 0 Å². The zero-order valence-corrected chi connectivity index (χ0v) is 17.5. The van der Waals surface area contributed by atoms with Crippen molar-refractivity contribution in [1.82, 2.24) is 14.5 Å². The second-order valence-electron chi connectivity index (χ2n) is 6.99. The first-order valence-electron chi connectivity index (χ1n) is 9.56. The molecule has 0 bridgehead atoms. The average molecular weight is 473 g/mol. The van der Waals surface area contributed by atoms with Crippen molar-refractivity contribution in [2.24, 2.45) is 0 Å². The van der Waals surface area contributed by atoms with Crippen LogP contribution >= 0.6 is 0 Å². The second kappa shape index (κ2) is 9.65. The summed E-state index contributed by atoms with van der Waals surface area (Å²) >= 11 is 0. The molecular formula is C20H19F4N3O4S. The Bertz CT molecular complexity index is 1140. The molecule has 1 heterocycles. The van der Waals surface area contributed by atoms with E-state index >= 15 is 0 Å². The summed E-state index contributed by atoms with van der Waals surface area (Å²) in [5.74, 6) is -4.99. The number of piperazine rings is 1. The third-order valence-corrected chi connectivity index (χ3v) is 6.82. The molecular weight excluding hydrogens is 454 g/mol. The van der Waals surface area contributed by atoms with E-state index in [-0.39, 0.29) is 50.6 Å². The van der Waals surface area contributed by atoms with E-state index in [2.05, 4.69) is 5.32 Å². The largest absolute Gasteiger partial charge is 0.351 e. The van der Waals surface area contributed by atoms with Crippen molar-refractivity contribution in [3.8, 4) is 0 Å². The Morgan fingerprint density at radius 3 is 2.16 bits per heavy atom. The highest BCUT2D eigenvalue weighted by molar-refractivity contribution is 7.89. The van der Waals surface area contributed by atoms with E-state index in [1.54, 1.807) is 0 Å². The number of benzene rings is 2. The van der Waals surface area contributed by atoms with E-state index in [1.165, 1.54) is 4.90 Å². The first-order chi connectivity index (χ1) is 15.1. The molecule has 32 heavy (non-hydrogen) atoms. The molecule has 1 saturated heterocycles. The Balaban J connectivity index is 1.51. The van der Waals surface area contributed by atoms with Gasteiger partial charge >= 0.3 is 0 Å². The molecule has 0 atom stereocenters. The number of nitrogens with one attached hydrogen (secondary N) is 1. The summed E-state index contributed by atoms with van der Waals surface area (Å²) in [6, 6.07) is 4.65. The minimum absolute atomic E-state index is 0.0233. The van der Waals surface area contributed by atoms with Crippen molar-refractivity contribution in [3.63, 3.8) is 0 Å². The molecule has 0 aliphatic carbocycles. The van der Waals surface area contributed by atoms with Gasteiger partial charge in [0.1, 0.15) is 28.2 Å². The Hall–Kier alpha value is -2.99. The van der Waals surface area contributed by atoms with Crippen LogP contribution in [-0.4, -0.2) is 62.2 Å². The minimum Gasteiger partial charge on any atom is -0.351 e. The van der Waals surface area contributed by atoms with Crippen LogP contribution in [0.1, 0.15) is 16.8 Å². The first-order valence-corrected chi connectivity index (χ1v) is 11.0. The van der Waals surface area contributed by atoms with Gasteiger partial charge in [0, 0.05) is 45.2 Å². The molecule has 0 radical (unpaired) electrons. The maximum absolute atomic E-state index is 13.9. The fourth-order valence-electron chi connectivity index (χ4n) is 3.20. The number of hydrogen-bond acceptors (Lipinski definition) is 4. The SMILES string of the molecule is O=C(NCCC(=O)N1CCN(S(=O)(=O)c2cc(F)ccc2F)CC1)c1ccc(F)cc1F. The van der Waals surface area contributed by atoms with Gasteiger partial charge in [-0.3, -0.25) is 9.59 Å². The summed E-state index contributed by atoms with van der Waals surface area (Å²) in [6.45, 7) is -0.291. The molecule has 12 heteroatoms. The predicted octanol–water partition coefficient (Wildman–Crippen LogP) is 1.90. The van der Waals surface area contributed by atoms with Gasteiger partial charge in [-0.2, -0.15) is 4.31 Å². The molecule has 0 aromatic heterocycles. The highest BCUT2D eigenvalue weighted by atomic mass is 32.2. The second-order valence-corrected chi connectivity index (χ2v) is 8.90. The molecule has 2 aromatic rings. The predicted molar refractivity (Wildman–Crippen MR) is 105 cm³/mol. The lowest BCUT2D eigenvalue weighted by Gasteiger charge is -2.34. The van der Waals surface area contributed by atoms with Crippen LogP contribution in [0.4, 0.5) is 17.6 Å². The number of halogens is 4. The first kappa shape index (κ1) is 23.7. The number of rotatable bonds is 6. The van der Waals surface area contributed by atoms with Crippen molar-refractivity contribution < 1.29 is 35.6 Å². The normalized spacial score (nSPS) is 14.9. The molecule has 3 rings (SSSR count). The number of amides is 2. The average Bonchev–Trinajstić information content (AvgIpc) is 2.75. The Labute approximate surface area is 181 Å². The molecule has 7 nitrogen and oxygen atoms in total. The Kier molecular flexibility index (Phi) is 7.14. The van der Waals surface area contributed by atoms with Crippen LogP contribution in [0.25, 0.3) is 0 Å².